The molecule has 2 atom stereocenters. The summed E-state index contributed by atoms with van der Waals surface area (Å²) in [5, 5.41) is 0. The van der Waals surface area contributed by atoms with E-state index < -0.39 is 5.60 Å². The van der Waals surface area contributed by atoms with E-state index in [1.54, 1.807) is 0 Å². The summed E-state index contributed by atoms with van der Waals surface area (Å²) < 4.78 is 18.1. The Hall–Kier alpha value is -0.450. The summed E-state index contributed by atoms with van der Waals surface area (Å²) in [4.78, 5) is 12.0. The van der Waals surface area contributed by atoms with Crippen LogP contribution in [-0.2, 0) is 19.0 Å². The Labute approximate surface area is 206 Å². The molecular weight excluding hydrogens is 412 g/mol. The molecule has 0 aliphatic heterocycles. The lowest BCUT2D eigenvalue weighted by Crippen LogP contribution is -2.39. The Balaban J connectivity index is 3.79. The molecule has 33 heavy (non-hydrogen) atoms. The zero-order chi connectivity index (χ0) is 25.2. The molecule has 0 N–H and O–H groups in total. The Morgan fingerprint density at radius 1 is 0.727 bits per heavy atom. The number of carbonyl (C=O) groups is 1. The maximum atomic E-state index is 12.0. The fourth-order valence-electron chi connectivity index (χ4n) is 4.43. The van der Waals surface area contributed by atoms with Gasteiger partial charge in [0.15, 0.2) is 5.78 Å². The topological polar surface area (TPSA) is 44.8 Å². The molecule has 0 aliphatic rings. The highest BCUT2D eigenvalue weighted by Crippen LogP contribution is 2.21. The van der Waals surface area contributed by atoms with Crippen LogP contribution < -0.4 is 0 Å². The number of rotatable bonds is 23. The van der Waals surface area contributed by atoms with E-state index in [4.69, 9.17) is 14.2 Å². The molecular formula is C29H58O4. The zero-order valence-corrected chi connectivity index (χ0v) is 23.6. The van der Waals surface area contributed by atoms with E-state index in [-0.39, 0.29) is 23.6 Å². The van der Waals surface area contributed by atoms with E-state index in [0.717, 1.165) is 19.4 Å². The fraction of sp³-hybridized carbons (Fsp3) is 0.966. The molecule has 0 heterocycles. The van der Waals surface area contributed by atoms with Gasteiger partial charge in [0, 0.05) is 19.4 Å². The molecule has 4 nitrogen and oxygen atoms in total. The Kier molecular flexibility index (Phi) is 18.6. The second kappa shape index (κ2) is 18.8. The minimum Gasteiger partial charge on any atom is -0.376 e. The van der Waals surface area contributed by atoms with Gasteiger partial charge in [0.05, 0.1) is 24.4 Å². The summed E-state index contributed by atoms with van der Waals surface area (Å²) in [6, 6.07) is 0. The van der Waals surface area contributed by atoms with Crippen molar-refractivity contribution < 1.29 is 19.0 Å². The molecule has 198 valence electrons. The van der Waals surface area contributed by atoms with Crippen LogP contribution in [0.1, 0.15) is 145 Å². The standard InChI is InChI=1S/C29H58O4/c1-9-11-12-13-14-15-16-17-18-19-20-21-22-32-28(5,6)23-25(3)31-24-26(4)33-29(7,8)27(30)10-2/h25-26H,9-24H2,1-8H3. The summed E-state index contributed by atoms with van der Waals surface area (Å²) in [5.74, 6) is 0.120. The van der Waals surface area contributed by atoms with Crippen molar-refractivity contribution in [2.75, 3.05) is 13.2 Å². The Morgan fingerprint density at radius 2 is 1.21 bits per heavy atom. The Bertz CT molecular complexity index is 472. The molecule has 0 saturated carbocycles. The van der Waals surface area contributed by atoms with Gasteiger partial charge in [-0.2, -0.15) is 0 Å². The lowest BCUT2D eigenvalue weighted by molar-refractivity contribution is -0.153. The zero-order valence-electron chi connectivity index (χ0n) is 23.6. The van der Waals surface area contributed by atoms with Gasteiger partial charge in [-0.05, 0) is 48.0 Å². The van der Waals surface area contributed by atoms with Crippen molar-refractivity contribution in [2.45, 2.75) is 169 Å². The largest absolute Gasteiger partial charge is 0.376 e. The first-order valence-electron chi connectivity index (χ1n) is 14.0. The smallest absolute Gasteiger partial charge is 0.163 e. The first kappa shape index (κ1) is 32.5. The van der Waals surface area contributed by atoms with Crippen LogP contribution in [0.2, 0.25) is 0 Å². The minimum absolute atomic E-state index is 0.0815. The molecule has 0 fully saturated rings. The highest BCUT2D eigenvalue weighted by atomic mass is 16.6. The molecule has 0 aromatic carbocycles. The number of hydrogen-bond acceptors (Lipinski definition) is 4. The molecule has 2 unspecified atom stereocenters. The number of hydrogen-bond donors (Lipinski definition) is 0. The molecule has 0 aromatic heterocycles. The highest BCUT2D eigenvalue weighted by Gasteiger charge is 2.29. The lowest BCUT2D eigenvalue weighted by atomic mass is 10.0. The van der Waals surface area contributed by atoms with E-state index in [2.05, 4.69) is 27.7 Å². The summed E-state index contributed by atoms with van der Waals surface area (Å²) in [5.41, 5.74) is -0.948. The second-order valence-corrected chi connectivity index (χ2v) is 11.1. The predicted octanol–water partition coefficient (Wildman–Crippen LogP) is 8.44. The summed E-state index contributed by atoms with van der Waals surface area (Å²) in [7, 11) is 0. The van der Waals surface area contributed by atoms with E-state index in [1.807, 2.05) is 27.7 Å². The van der Waals surface area contributed by atoms with Crippen molar-refractivity contribution >= 4 is 5.78 Å². The van der Waals surface area contributed by atoms with E-state index in [1.165, 1.54) is 70.6 Å². The molecule has 0 spiro atoms. The molecule has 0 amide bonds. The molecule has 0 rings (SSSR count). The summed E-state index contributed by atoms with van der Waals surface area (Å²) in [6.45, 7) is 17.5. The second-order valence-electron chi connectivity index (χ2n) is 11.1. The molecule has 0 bridgehead atoms. The van der Waals surface area contributed by atoms with Gasteiger partial charge < -0.3 is 14.2 Å². The van der Waals surface area contributed by atoms with Crippen LogP contribution in [0.5, 0.6) is 0 Å². The van der Waals surface area contributed by atoms with Crippen LogP contribution in [0.15, 0.2) is 0 Å². The van der Waals surface area contributed by atoms with Gasteiger partial charge in [0.25, 0.3) is 0 Å². The van der Waals surface area contributed by atoms with Crippen LogP contribution in [0, 0.1) is 0 Å². The molecule has 4 heteroatoms. The quantitative estimate of drug-likeness (QED) is 0.141. The third-order valence-electron chi connectivity index (χ3n) is 6.37. The van der Waals surface area contributed by atoms with Gasteiger partial charge in [-0.15, -0.1) is 0 Å². The van der Waals surface area contributed by atoms with Crippen molar-refractivity contribution in [3.05, 3.63) is 0 Å². The summed E-state index contributed by atoms with van der Waals surface area (Å²) >= 11 is 0. The van der Waals surface area contributed by atoms with Gasteiger partial charge in [0.1, 0.15) is 5.60 Å². The average molecular weight is 471 g/mol. The van der Waals surface area contributed by atoms with Gasteiger partial charge in [0.2, 0.25) is 0 Å². The van der Waals surface area contributed by atoms with Crippen LogP contribution in [0.3, 0.4) is 0 Å². The molecule has 0 aromatic rings. The van der Waals surface area contributed by atoms with Crippen molar-refractivity contribution in [2.24, 2.45) is 0 Å². The number of carbonyl (C=O) groups excluding carboxylic acids is 1. The number of Topliss-reactive ketones (excluding diaryl/α,β-unsaturated/α-hetero) is 1. The first-order chi connectivity index (χ1) is 15.5. The fourth-order valence-corrected chi connectivity index (χ4v) is 4.43. The van der Waals surface area contributed by atoms with E-state index >= 15 is 0 Å². The van der Waals surface area contributed by atoms with Crippen molar-refractivity contribution in [1.29, 1.82) is 0 Å². The van der Waals surface area contributed by atoms with Crippen molar-refractivity contribution in [3.8, 4) is 0 Å². The van der Waals surface area contributed by atoms with Crippen LogP contribution >= 0.6 is 0 Å². The van der Waals surface area contributed by atoms with E-state index in [9.17, 15) is 4.79 Å². The van der Waals surface area contributed by atoms with E-state index in [0.29, 0.717) is 13.0 Å². The van der Waals surface area contributed by atoms with Crippen molar-refractivity contribution in [1.82, 2.24) is 0 Å². The first-order valence-corrected chi connectivity index (χ1v) is 14.0. The molecule has 0 saturated heterocycles. The minimum atomic E-state index is -0.753. The molecule has 0 aliphatic carbocycles. The van der Waals surface area contributed by atoms with Gasteiger partial charge in [-0.1, -0.05) is 84.5 Å². The SMILES string of the molecule is CCCCCCCCCCCCCCOC(C)(C)CC(C)OCC(C)OC(C)(C)C(=O)CC. The number of ketones is 1. The molecule has 0 radical (unpaired) electrons. The van der Waals surface area contributed by atoms with Crippen LogP contribution in [0.4, 0.5) is 0 Å². The Morgan fingerprint density at radius 3 is 1.70 bits per heavy atom. The van der Waals surface area contributed by atoms with Crippen LogP contribution in [0.25, 0.3) is 0 Å². The predicted molar refractivity (Wildman–Crippen MR) is 141 cm³/mol. The highest BCUT2D eigenvalue weighted by molar-refractivity contribution is 5.86. The normalized spacial score (nSPS) is 14.4. The maximum absolute atomic E-state index is 12.0. The lowest BCUT2D eigenvalue weighted by Gasteiger charge is -2.31. The van der Waals surface area contributed by atoms with Gasteiger partial charge >= 0.3 is 0 Å². The third kappa shape index (κ3) is 18.5. The summed E-state index contributed by atoms with van der Waals surface area (Å²) in [6.07, 6.45) is 17.6. The van der Waals surface area contributed by atoms with Crippen molar-refractivity contribution in [3.63, 3.8) is 0 Å². The number of unbranched alkanes of at least 4 members (excludes halogenated alkanes) is 11. The number of ether oxygens (including phenoxy) is 3. The average Bonchev–Trinajstić information content (AvgIpc) is 2.74. The van der Waals surface area contributed by atoms with Gasteiger partial charge in [-0.3, -0.25) is 4.79 Å². The third-order valence-corrected chi connectivity index (χ3v) is 6.37. The monoisotopic (exact) mass is 470 g/mol. The van der Waals surface area contributed by atoms with Crippen LogP contribution in [-0.4, -0.2) is 42.4 Å². The maximum Gasteiger partial charge on any atom is 0.163 e. The van der Waals surface area contributed by atoms with Gasteiger partial charge in [-0.25, -0.2) is 0 Å².